The molecule has 1 aromatic heterocycles. The van der Waals surface area contributed by atoms with Crippen molar-refractivity contribution >= 4 is 28.3 Å². The number of aromatic nitrogens is 1. The lowest BCUT2D eigenvalue weighted by Crippen LogP contribution is -2.40. The molecule has 18 heavy (non-hydrogen) atoms. The number of hydrogen-bond acceptors (Lipinski definition) is 6. The molecule has 1 aromatic rings. The second-order valence-corrected chi connectivity index (χ2v) is 4.22. The van der Waals surface area contributed by atoms with Crippen molar-refractivity contribution in [3.63, 3.8) is 0 Å². The van der Waals surface area contributed by atoms with E-state index >= 15 is 0 Å². The lowest BCUT2D eigenvalue weighted by atomic mass is 10.5. The molecule has 0 aliphatic rings. The second kappa shape index (κ2) is 7.04. The molecule has 0 radical (unpaired) electrons. The number of amides is 2. The van der Waals surface area contributed by atoms with Crippen molar-refractivity contribution < 1.29 is 19.1 Å². The largest absolute Gasteiger partial charge is 0.354 e. The fourth-order valence-electron chi connectivity index (χ4n) is 1.08. The number of nitrogens with zero attached hydrogens (tertiary/aromatic N) is 1. The van der Waals surface area contributed by atoms with Gasteiger partial charge in [0.1, 0.15) is 0 Å². The normalized spacial score (nSPS) is 10.4. The van der Waals surface area contributed by atoms with Crippen LogP contribution in [0.4, 0.5) is 5.13 Å². The van der Waals surface area contributed by atoms with Gasteiger partial charge in [-0.2, -0.15) is 0 Å². The number of aryl methyl sites for hydroxylation is 1. The van der Waals surface area contributed by atoms with Crippen molar-refractivity contribution in [1.29, 1.82) is 0 Å². The molecule has 0 aromatic carbocycles. The van der Waals surface area contributed by atoms with E-state index in [1.807, 2.05) is 0 Å². The average molecular weight is 273 g/mol. The number of anilines is 1. The van der Waals surface area contributed by atoms with E-state index in [1.165, 1.54) is 25.6 Å². The highest BCUT2D eigenvalue weighted by atomic mass is 32.1. The highest BCUT2D eigenvalue weighted by molar-refractivity contribution is 7.14. The molecular formula is C10H15N3O4S. The van der Waals surface area contributed by atoms with E-state index in [0.29, 0.717) is 5.13 Å². The van der Waals surface area contributed by atoms with Gasteiger partial charge >= 0.3 is 11.8 Å². The number of thiazole rings is 1. The molecule has 0 saturated heterocycles. The number of rotatable bonds is 5. The van der Waals surface area contributed by atoms with Crippen molar-refractivity contribution in [2.45, 2.75) is 13.2 Å². The minimum absolute atomic E-state index is 0.0934. The molecule has 0 spiro atoms. The Hall–Kier alpha value is -1.51. The SMILES string of the molecule is COC(CNC(=O)C(=O)Nc1nc(C)cs1)OC. The van der Waals surface area contributed by atoms with E-state index in [9.17, 15) is 9.59 Å². The first-order valence-corrected chi connectivity index (χ1v) is 6.01. The van der Waals surface area contributed by atoms with Crippen LogP contribution < -0.4 is 10.6 Å². The summed E-state index contributed by atoms with van der Waals surface area (Å²) in [6.07, 6.45) is -0.580. The van der Waals surface area contributed by atoms with E-state index in [1.54, 1.807) is 12.3 Å². The molecule has 7 nitrogen and oxygen atoms in total. The van der Waals surface area contributed by atoms with Gasteiger partial charge in [0.15, 0.2) is 11.4 Å². The Balaban J connectivity index is 2.40. The number of nitrogens with one attached hydrogen (secondary N) is 2. The monoisotopic (exact) mass is 273 g/mol. The van der Waals surface area contributed by atoms with Crippen LogP contribution in [0.2, 0.25) is 0 Å². The van der Waals surface area contributed by atoms with Gasteiger partial charge in [0, 0.05) is 19.6 Å². The Kier molecular flexibility index (Phi) is 5.69. The molecule has 0 aliphatic heterocycles. The molecule has 0 aliphatic carbocycles. The van der Waals surface area contributed by atoms with Crippen molar-refractivity contribution in [2.75, 3.05) is 26.1 Å². The zero-order valence-electron chi connectivity index (χ0n) is 10.4. The van der Waals surface area contributed by atoms with Gasteiger partial charge in [-0.05, 0) is 6.92 Å². The first-order valence-electron chi connectivity index (χ1n) is 5.13. The van der Waals surface area contributed by atoms with Crippen LogP contribution in [0.5, 0.6) is 0 Å². The van der Waals surface area contributed by atoms with Crippen LogP contribution in [0.1, 0.15) is 5.69 Å². The molecule has 8 heteroatoms. The van der Waals surface area contributed by atoms with Gasteiger partial charge < -0.3 is 14.8 Å². The van der Waals surface area contributed by atoms with Crippen molar-refractivity contribution in [2.24, 2.45) is 0 Å². The van der Waals surface area contributed by atoms with Gasteiger partial charge in [0.05, 0.1) is 12.2 Å². The molecule has 0 fully saturated rings. The number of carbonyl (C=O) groups excluding carboxylic acids is 2. The first kappa shape index (κ1) is 14.6. The average Bonchev–Trinajstić information content (AvgIpc) is 2.75. The fourth-order valence-corrected chi connectivity index (χ4v) is 1.77. The summed E-state index contributed by atoms with van der Waals surface area (Å²) in [7, 11) is 2.89. The number of hydrogen-bond donors (Lipinski definition) is 2. The van der Waals surface area contributed by atoms with E-state index in [2.05, 4.69) is 15.6 Å². The second-order valence-electron chi connectivity index (χ2n) is 3.36. The molecular weight excluding hydrogens is 258 g/mol. The summed E-state index contributed by atoms with van der Waals surface area (Å²) in [6, 6.07) is 0. The predicted octanol–water partition coefficient (Wildman–Crippen LogP) is 0.125. The summed E-state index contributed by atoms with van der Waals surface area (Å²) in [5.74, 6) is -1.53. The van der Waals surface area contributed by atoms with Crippen LogP contribution in [0.3, 0.4) is 0 Å². The summed E-state index contributed by atoms with van der Waals surface area (Å²) in [5, 5.41) is 6.95. The van der Waals surface area contributed by atoms with Gasteiger partial charge in [-0.15, -0.1) is 11.3 Å². The minimum atomic E-state index is -0.768. The third-order valence-electron chi connectivity index (χ3n) is 2.00. The van der Waals surface area contributed by atoms with E-state index in [0.717, 1.165) is 5.69 Å². The fraction of sp³-hybridized carbons (Fsp3) is 0.500. The summed E-state index contributed by atoms with van der Waals surface area (Å²) < 4.78 is 9.74. The standard InChI is InChI=1S/C10H15N3O4S/c1-6-5-18-10(12-6)13-9(15)8(14)11-4-7(16-2)17-3/h5,7H,4H2,1-3H3,(H,11,14)(H,12,13,15). The highest BCUT2D eigenvalue weighted by Gasteiger charge is 2.16. The van der Waals surface area contributed by atoms with Crippen LogP contribution in [-0.2, 0) is 19.1 Å². The highest BCUT2D eigenvalue weighted by Crippen LogP contribution is 2.13. The summed E-state index contributed by atoms with van der Waals surface area (Å²) in [6.45, 7) is 1.89. The molecule has 2 N–H and O–H groups in total. The maximum atomic E-state index is 11.5. The Morgan fingerprint density at radius 3 is 2.56 bits per heavy atom. The van der Waals surface area contributed by atoms with Crippen LogP contribution in [0.25, 0.3) is 0 Å². The maximum Gasteiger partial charge on any atom is 0.315 e. The van der Waals surface area contributed by atoms with Gasteiger partial charge in [-0.25, -0.2) is 4.98 Å². The number of carbonyl (C=O) groups is 2. The first-order chi connectivity index (χ1) is 8.56. The van der Waals surface area contributed by atoms with Gasteiger partial charge in [-0.1, -0.05) is 0 Å². The lowest BCUT2D eigenvalue weighted by molar-refractivity contribution is -0.139. The Labute approximate surface area is 108 Å². The lowest BCUT2D eigenvalue weighted by Gasteiger charge is -2.13. The Morgan fingerprint density at radius 1 is 1.39 bits per heavy atom. The van der Waals surface area contributed by atoms with E-state index in [-0.39, 0.29) is 6.54 Å². The summed E-state index contributed by atoms with van der Waals surface area (Å²) in [5.41, 5.74) is 0.787. The Morgan fingerprint density at radius 2 is 2.06 bits per heavy atom. The van der Waals surface area contributed by atoms with Gasteiger partial charge in [-0.3, -0.25) is 14.9 Å². The van der Waals surface area contributed by atoms with Crippen LogP contribution in [0.15, 0.2) is 5.38 Å². The predicted molar refractivity (Wildman–Crippen MR) is 66.3 cm³/mol. The van der Waals surface area contributed by atoms with Crippen LogP contribution in [0, 0.1) is 6.92 Å². The quantitative estimate of drug-likeness (QED) is 0.588. The maximum absolute atomic E-state index is 11.5. The third-order valence-corrected chi connectivity index (χ3v) is 2.88. The van der Waals surface area contributed by atoms with Gasteiger partial charge in [0.2, 0.25) is 0 Å². The number of ether oxygens (including phenoxy) is 2. The molecule has 1 heterocycles. The number of methoxy groups -OCH3 is 2. The molecule has 2 amide bonds. The van der Waals surface area contributed by atoms with Crippen LogP contribution >= 0.6 is 11.3 Å². The van der Waals surface area contributed by atoms with Crippen molar-refractivity contribution in [3.8, 4) is 0 Å². The Bertz CT molecular complexity index is 417. The van der Waals surface area contributed by atoms with E-state index in [4.69, 9.17) is 9.47 Å². The molecule has 0 unspecified atom stereocenters. The molecule has 100 valence electrons. The zero-order valence-corrected chi connectivity index (χ0v) is 11.2. The minimum Gasteiger partial charge on any atom is -0.354 e. The molecule has 0 atom stereocenters. The van der Waals surface area contributed by atoms with Crippen molar-refractivity contribution in [3.05, 3.63) is 11.1 Å². The molecule has 0 bridgehead atoms. The topological polar surface area (TPSA) is 89.5 Å². The smallest absolute Gasteiger partial charge is 0.315 e. The summed E-state index contributed by atoms with van der Waals surface area (Å²) in [4.78, 5) is 26.9. The molecule has 0 saturated carbocycles. The summed E-state index contributed by atoms with van der Waals surface area (Å²) >= 11 is 1.26. The van der Waals surface area contributed by atoms with Crippen molar-refractivity contribution in [1.82, 2.24) is 10.3 Å². The molecule has 1 rings (SSSR count). The third kappa shape index (κ3) is 4.40. The van der Waals surface area contributed by atoms with Crippen LogP contribution in [-0.4, -0.2) is 43.9 Å². The zero-order chi connectivity index (χ0) is 13.5. The van der Waals surface area contributed by atoms with E-state index < -0.39 is 18.1 Å². The van der Waals surface area contributed by atoms with Gasteiger partial charge in [0.25, 0.3) is 0 Å².